The van der Waals surface area contributed by atoms with Gasteiger partial charge in [-0.3, -0.25) is 0 Å². The van der Waals surface area contributed by atoms with Crippen LogP contribution in [0.25, 0.3) is 0 Å². The second-order valence-corrected chi connectivity index (χ2v) is 4.93. The lowest BCUT2D eigenvalue weighted by atomic mass is 9.85. The van der Waals surface area contributed by atoms with E-state index in [4.69, 9.17) is 0 Å². The van der Waals surface area contributed by atoms with Crippen molar-refractivity contribution in [1.29, 1.82) is 0 Å². The summed E-state index contributed by atoms with van der Waals surface area (Å²) in [6, 6.07) is 6.50. The summed E-state index contributed by atoms with van der Waals surface area (Å²) in [5.41, 5.74) is 3.95. The number of aliphatic hydroxyl groups is 1. The smallest absolute Gasteiger partial charge is 0.0485 e. The first-order chi connectivity index (χ1) is 6.44. The van der Waals surface area contributed by atoms with Crippen LogP contribution in [0.5, 0.6) is 0 Å². The van der Waals surface area contributed by atoms with Crippen LogP contribution < -0.4 is 0 Å². The summed E-state index contributed by atoms with van der Waals surface area (Å²) in [6.07, 6.45) is 0.940. The van der Waals surface area contributed by atoms with Crippen molar-refractivity contribution in [1.82, 2.24) is 0 Å². The Balaban J connectivity index is 2.87. The molecule has 0 aromatic heterocycles. The summed E-state index contributed by atoms with van der Waals surface area (Å²) in [5.74, 6) is 0. The van der Waals surface area contributed by atoms with Crippen LogP contribution in [0.15, 0.2) is 18.2 Å². The Labute approximate surface area is 86.8 Å². The predicted octanol–water partition coefficient (Wildman–Crippen LogP) is 2.86. The Hall–Kier alpha value is -0.820. The molecule has 1 nitrogen and oxygen atoms in total. The maximum absolute atomic E-state index is 9.20. The second-order valence-electron chi connectivity index (χ2n) is 4.93. The monoisotopic (exact) mass is 192 g/mol. The van der Waals surface area contributed by atoms with Gasteiger partial charge in [0.15, 0.2) is 0 Å². The summed E-state index contributed by atoms with van der Waals surface area (Å²) >= 11 is 0. The molecule has 0 saturated carbocycles. The highest BCUT2D eigenvalue weighted by Gasteiger charge is 2.17. The van der Waals surface area contributed by atoms with Crippen LogP contribution in [-0.2, 0) is 6.42 Å². The van der Waals surface area contributed by atoms with Crippen LogP contribution in [0.4, 0.5) is 0 Å². The number of benzene rings is 1. The molecule has 1 N–H and O–H groups in total. The standard InChI is InChI=1S/C13H20O/c1-10-5-6-12(11(2)7-10)8-13(3,4)9-14/h5-7,14H,8-9H2,1-4H3. The average molecular weight is 192 g/mol. The van der Waals surface area contributed by atoms with Crippen LogP contribution in [0.1, 0.15) is 30.5 Å². The minimum Gasteiger partial charge on any atom is -0.396 e. The molecule has 1 heteroatoms. The average Bonchev–Trinajstić information content (AvgIpc) is 2.10. The van der Waals surface area contributed by atoms with Crippen molar-refractivity contribution in [2.45, 2.75) is 34.1 Å². The van der Waals surface area contributed by atoms with E-state index in [2.05, 4.69) is 45.9 Å². The molecule has 0 aliphatic heterocycles. The van der Waals surface area contributed by atoms with Gasteiger partial charge in [-0.1, -0.05) is 37.6 Å². The Bertz CT molecular complexity index is 313. The lowest BCUT2D eigenvalue weighted by Gasteiger charge is -2.22. The third-order valence-corrected chi connectivity index (χ3v) is 2.60. The summed E-state index contributed by atoms with van der Waals surface area (Å²) in [4.78, 5) is 0. The van der Waals surface area contributed by atoms with Gasteiger partial charge in [0.05, 0.1) is 0 Å². The topological polar surface area (TPSA) is 20.2 Å². The molecule has 14 heavy (non-hydrogen) atoms. The summed E-state index contributed by atoms with van der Waals surface area (Å²) < 4.78 is 0. The van der Waals surface area contributed by atoms with E-state index in [9.17, 15) is 5.11 Å². The van der Waals surface area contributed by atoms with Crippen molar-refractivity contribution < 1.29 is 5.11 Å². The molecule has 0 aliphatic rings. The van der Waals surface area contributed by atoms with Gasteiger partial charge in [-0.05, 0) is 36.8 Å². The summed E-state index contributed by atoms with van der Waals surface area (Å²) in [7, 11) is 0. The fraction of sp³-hybridized carbons (Fsp3) is 0.538. The van der Waals surface area contributed by atoms with E-state index in [1.165, 1.54) is 16.7 Å². The molecule has 0 unspecified atom stereocenters. The first kappa shape index (κ1) is 11.3. The van der Waals surface area contributed by atoms with Crippen molar-refractivity contribution in [3.05, 3.63) is 34.9 Å². The number of aryl methyl sites for hydroxylation is 2. The zero-order chi connectivity index (χ0) is 10.8. The molecule has 0 amide bonds. The largest absolute Gasteiger partial charge is 0.396 e. The van der Waals surface area contributed by atoms with Crippen molar-refractivity contribution >= 4 is 0 Å². The van der Waals surface area contributed by atoms with Gasteiger partial charge >= 0.3 is 0 Å². The number of hydrogen-bond acceptors (Lipinski definition) is 1. The van der Waals surface area contributed by atoms with Gasteiger partial charge in [0.1, 0.15) is 0 Å². The maximum atomic E-state index is 9.20. The third-order valence-electron chi connectivity index (χ3n) is 2.60. The van der Waals surface area contributed by atoms with Gasteiger partial charge in [0, 0.05) is 6.61 Å². The first-order valence-electron chi connectivity index (χ1n) is 5.11. The molecule has 0 radical (unpaired) electrons. The van der Waals surface area contributed by atoms with Crippen molar-refractivity contribution in [2.24, 2.45) is 5.41 Å². The van der Waals surface area contributed by atoms with Gasteiger partial charge in [0.25, 0.3) is 0 Å². The number of hydrogen-bond donors (Lipinski definition) is 1. The SMILES string of the molecule is Cc1ccc(CC(C)(C)CO)c(C)c1. The van der Waals surface area contributed by atoms with Gasteiger partial charge in [-0.2, -0.15) is 0 Å². The summed E-state index contributed by atoms with van der Waals surface area (Å²) in [6.45, 7) is 8.66. The lowest BCUT2D eigenvalue weighted by molar-refractivity contribution is 0.159. The molecule has 1 rings (SSSR count). The zero-order valence-corrected chi connectivity index (χ0v) is 9.59. The molecule has 0 bridgehead atoms. The van der Waals surface area contributed by atoms with E-state index in [0.29, 0.717) is 0 Å². The second kappa shape index (κ2) is 4.14. The molecule has 1 aromatic rings. The van der Waals surface area contributed by atoms with E-state index in [0.717, 1.165) is 6.42 Å². The highest BCUT2D eigenvalue weighted by atomic mass is 16.3. The van der Waals surface area contributed by atoms with E-state index in [1.54, 1.807) is 0 Å². The van der Waals surface area contributed by atoms with Crippen LogP contribution >= 0.6 is 0 Å². The number of aliphatic hydroxyl groups excluding tert-OH is 1. The normalized spacial score (nSPS) is 11.8. The van der Waals surface area contributed by atoms with Crippen LogP contribution in [-0.4, -0.2) is 11.7 Å². The molecule has 1 aromatic carbocycles. The quantitative estimate of drug-likeness (QED) is 0.780. The molecule has 0 fully saturated rings. The Morgan fingerprint density at radius 3 is 2.36 bits per heavy atom. The Morgan fingerprint density at radius 2 is 1.86 bits per heavy atom. The van der Waals surface area contributed by atoms with E-state index in [1.807, 2.05) is 0 Å². The zero-order valence-electron chi connectivity index (χ0n) is 9.59. The van der Waals surface area contributed by atoms with E-state index in [-0.39, 0.29) is 12.0 Å². The maximum Gasteiger partial charge on any atom is 0.0485 e. The van der Waals surface area contributed by atoms with Crippen molar-refractivity contribution in [2.75, 3.05) is 6.61 Å². The fourth-order valence-electron chi connectivity index (χ4n) is 1.62. The Morgan fingerprint density at radius 1 is 1.21 bits per heavy atom. The minimum absolute atomic E-state index is 0.0139. The predicted molar refractivity (Wildman–Crippen MR) is 60.5 cm³/mol. The third kappa shape index (κ3) is 2.85. The molecule has 0 saturated heterocycles. The molecular weight excluding hydrogens is 172 g/mol. The van der Waals surface area contributed by atoms with E-state index < -0.39 is 0 Å². The molecule has 0 atom stereocenters. The first-order valence-corrected chi connectivity index (χ1v) is 5.11. The number of rotatable bonds is 3. The molecule has 0 heterocycles. The molecule has 78 valence electrons. The van der Waals surface area contributed by atoms with Crippen LogP contribution in [0.2, 0.25) is 0 Å². The van der Waals surface area contributed by atoms with Crippen molar-refractivity contribution in [3.8, 4) is 0 Å². The fourth-order valence-corrected chi connectivity index (χ4v) is 1.62. The van der Waals surface area contributed by atoms with Gasteiger partial charge in [-0.25, -0.2) is 0 Å². The Kier molecular flexibility index (Phi) is 3.33. The van der Waals surface area contributed by atoms with Gasteiger partial charge in [-0.15, -0.1) is 0 Å². The van der Waals surface area contributed by atoms with Crippen LogP contribution in [0.3, 0.4) is 0 Å². The molecule has 0 spiro atoms. The lowest BCUT2D eigenvalue weighted by Crippen LogP contribution is -2.20. The molecule has 0 aliphatic carbocycles. The highest BCUT2D eigenvalue weighted by Crippen LogP contribution is 2.23. The highest BCUT2D eigenvalue weighted by molar-refractivity contribution is 5.31. The van der Waals surface area contributed by atoms with Gasteiger partial charge < -0.3 is 5.11 Å². The van der Waals surface area contributed by atoms with Crippen molar-refractivity contribution in [3.63, 3.8) is 0 Å². The minimum atomic E-state index is -0.0139. The van der Waals surface area contributed by atoms with Gasteiger partial charge in [0.2, 0.25) is 0 Å². The summed E-state index contributed by atoms with van der Waals surface area (Å²) in [5, 5.41) is 9.20. The van der Waals surface area contributed by atoms with E-state index >= 15 is 0 Å². The van der Waals surface area contributed by atoms with Crippen LogP contribution in [0, 0.1) is 19.3 Å². The molecular formula is C13H20O.